The summed E-state index contributed by atoms with van der Waals surface area (Å²) in [7, 11) is 0. The van der Waals surface area contributed by atoms with Crippen molar-refractivity contribution in [3.05, 3.63) is 47.5 Å². The van der Waals surface area contributed by atoms with Crippen molar-refractivity contribution in [1.29, 1.82) is 0 Å². The van der Waals surface area contributed by atoms with E-state index in [1.807, 2.05) is 27.7 Å². The van der Waals surface area contributed by atoms with Crippen molar-refractivity contribution in [3.8, 4) is 0 Å². The van der Waals surface area contributed by atoms with Crippen LogP contribution in [0.4, 0.5) is 0 Å². The molecule has 0 spiro atoms. The van der Waals surface area contributed by atoms with Gasteiger partial charge in [-0.05, 0) is 48.1 Å². The largest absolute Gasteiger partial charge is 0.453 e. The molecule has 5 rings (SSSR count). The van der Waals surface area contributed by atoms with Crippen molar-refractivity contribution in [2.75, 3.05) is 0 Å². The van der Waals surface area contributed by atoms with Crippen LogP contribution in [0.5, 0.6) is 0 Å². The zero-order valence-electron chi connectivity index (χ0n) is 20.2. The lowest BCUT2D eigenvalue weighted by Gasteiger charge is -2.69. The number of hydrogen-bond acceptors (Lipinski definition) is 7. The fourth-order valence-electron chi connectivity index (χ4n) is 7.91. The molecule has 3 aliphatic carbocycles. The van der Waals surface area contributed by atoms with Gasteiger partial charge in [0.15, 0.2) is 6.10 Å². The molecular weight excluding hydrogens is 436 g/mol. The molecule has 3 N–H and O–H groups in total. The molecule has 3 fully saturated rings. The average Bonchev–Trinajstić information content (AvgIpc) is 3.09. The van der Waals surface area contributed by atoms with Crippen molar-refractivity contribution in [2.24, 2.45) is 28.6 Å². The zero-order valence-corrected chi connectivity index (χ0v) is 20.2. The number of aliphatic hydroxyl groups is 3. The molecule has 0 unspecified atom stereocenters. The lowest BCUT2D eigenvalue weighted by molar-refractivity contribution is -0.328. The van der Waals surface area contributed by atoms with Crippen molar-refractivity contribution in [2.45, 2.75) is 77.0 Å². The number of carbonyl (C=O) groups is 2. The molecule has 1 heterocycles. The Bertz CT molecular complexity index is 1050. The molecule has 3 saturated carbocycles. The van der Waals surface area contributed by atoms with Crippen molar-refractivity contribution >= 4 is 11.9 Å². The summed E-state index contributed by atoms with van der Waals surface area (Å²) in [6, 6.07) is 8.56. The standard InChI is InChI=1S/C27H34O7/c1-15-17-13-19(28)34-26(17,31)14-18-20(15)21(29)22(33-23(30)16-9-6-5-7-10-16)27(32)24(2,3)11-8-12-25(18,27)4/h5-7,9-10,13,15,18,20-22,29,31-32H,8,11-12,14H2,1-4H3/t15-,18-,20-,21+,22+,25+,26+,27+/m1/s1. The summed E-state index contributed by atoms with van der Waals surface area (Å²) in [6.45, 7) is 7.73. The van der Waals surface area contributed by atoms with E-state index in [0.717, 1.165) is 6.42 Å². The number of benzene rings is 1. The normalized spacial score (nSPS) is 44.7. The molecule has 34 heavy (non-hydrogen) atoms. The Balaban J connectivity index is 1.63. The molecule has 4 aliphatic rings. The molecule has 1 aliphatic heterocycles. The van der Waals surface area contributed by atoms with E-state index in [1.165, 1.54) is 6.08 Å². The molecule has 1 aromatic carbocycles. The van der Waals surface area contributed by atoms with Crippen LogP contribution < -0.4 is 0 Å². The van der Waals surface area contributed by atoms with Gasteiger partial charge in [-0.15, -0.1) is 0 Å². The smallest absolute Gasteiger partial charge is 0.338 e. The molecule has 0 radical (unpaired) electrons. The Kier molecular flexibility index (Phi) is 5.11. The predicted octanol–water partition coefficient (Wildman–Crippen LogP) is 2.98. The van der Waals surface area contributed by atoms with Gasteiger partial charge in [-0.3, -0.25) is 0 Å². The molecule has 7 nitrogen and oxygen atoms in total. The summed E-state index contributed by atoms with van der Waals surface area (Å²) in [5.41, 5.74) is -2.26. The van der Waals surface area contributed by atoms with Gasteiger partial charge in [0, 0.05) is 23.5 Å². The van der Waals surface area contributed by atoms with E-state index < -0.39 is 58.2 Å². The molecule has 0 saturated heterocycles. The van der Waals surface area contributed by atoms with Crippen molar-refractivity contribution < 1.29 is 34.4 Å². The minimum Gasteiger partial charge on any atom is -0.453 e. The first kappa shape index (κ1) is 23.5. The van der Waals surface area contributed by atoms with Crippen molar-refractivity contribution in [1.82, 2.24) is 0 Å². The Morgan fingerprint density at radius 2 is 1.79 bits per heavy atom. The van der Waals surface area contributed by atoms with E-state index in [0.29, 0.717) is 24.0 Å². The Hall–Kier alpha value is -2.22. The second-order valence-electron chi connectivity index (χ2n) is 11.6. The quantitative estimate of drug-likeness (QED) is 0.570. The van der Waals surface area contributed by atoms with Gasteiger partial charge in [0.1, 0.15) is 5.60 Å². The maximum atomic E-state index is 13.1. The Morgan fingerprint density at radius 3 is 2.47 bits per heavy atom. The van der Waals surface area contributed by atoms with E-state index in [9.17, 15) is 24.9 Å². The minimum atomic E-state index is -1.74. The van der Waals surface area contributed by atoms with Gasteiger partial charge >= 0.3 is 11.9 Å². The van der Waals surface area contributed by atoms with Crippen LogP contribution in [0.25, 0.3) is 0 Å². The third-order valence-corrected chi connectivity index (χ3v) is 9.60. The maximum absolute atomic E-state index is 13.1. The molecule has 1 aromatic rings. The van der Waals surface area contributed by atoms with Gasteiger partial charge in [-0.2, -0.15) is 0 Å². The van der Waals surface area contributed by atoms with Crippen LogP contribution in [0, 0.1) is 28.6 Å². The number of esters is 2. The first-order chi connectivity index (χ1) is 15.9. The second-order valence-corrected chi connectivity index (χ2v) is 11.6. The Labute approximate surface area is 199 Å². The number of ether oxygens (including phenoxy) is 2. The highest BCUT2D eigenvalue weighted by Gasteiger charge is 2.75. The van der Waals surface area contributed by atoms with Gasteiger partial charge in [0.2, 0.25) is 5.79 Å². The molecule has 0 aromatic heterocycles. The number of aliphatic hydroxyl groups excluding tert-OH is 1. The van der Waals surface area contributed by atoms with Crippen LogP contribution in [-0.4, -0.2) is 50.9 Å². The van der Waals surface area contributed by atoms with Crippen LogP contribution in [0.2, 0.25) is 0 Å². The summed E-state index contributed by atoms with van der Waals surface area (Å²) >= 11 is 0. The molecule has 8 atom stereocenters. The summed E-state index contributed by atoms with van der Waals surface area (Å²) in [4.78, 5) is 25.3. The predicted molar refractivity (Wildman–Crippen MR) is 122 cm³/mol. The third-order valence-electron chi connectivity index (χ3n) is 9.60. The van der Waals surface area contributed by atoms with E-state index in [1.54, 1.807) is 30.3 Å². The topological polar surface area (TPSA) is 113 Å². The summed E-state index contributed by atoms with van der Waals surface area (Å²) in [6.07, 6.45) is 1.22. The lowest BCUT2D eigenvalue weighted by atomic mass is 9.39. The van der Waals surface area contributed by atoms with Gasteiger partial charge in [-0.25, -0.2) is 9.59 Å². The highest BCUT2D eigenvalue weighted by Crippen LogP contribution is 2.68. The highest BCUT2D eigenvalue weighted by molar-refractivity contribution is 5.89. The van der Waals surface area contributed by atoms with Crippen molar-refractivity contribution in [3.63, 3.8) is 0 Å². The fraction of sp³-hybridized carbons (Fsp3) is 0.630. The Morgan fingerprint density at radius 1 is 1.12 bits per heavy atom. The molecule has 184 valence electrons. The molecular formula is C27H34O7. The second kappa shape index (κ2) is 7.39. The highest BCUT2D eigenvalue weighted by atomic mass is 16.7. The fourth-order valence-corrected chi connectivity index (χ4v) is 7.91. The molecule has 0 amide bonds. The average molecular weight is 471 g/mol. The van der Waals surface area contributed by atoms with E-state index in [4.69, 9.17) is 9.47 Å². The first-order valence-corrected chi connectivity index (χ1v) is 12.2. The monoisotopic (exact) mass is 470 g/mol. The van der Waals surface area contributed by atoms with E-state index in [2.05, 4.69) is 0 Å². The van der Waals surface area contributed by atoms with E-state index >= 15 is 0 Å². The van der Waals surface area contributed by atoms with Gasteiger partial charge in [0.25, 0.3) is 0 Å². The van der Waals surface area contributed by atoms with Crippen LogP contribution in [-0.2, 0) is 14.3 Å². The summed E-state index contributed by atoms with van der Waals surface area (Å²) < 4.78 is 11.3. The summed E-state index contributed by atoms with van der Waals surface area (Å²) in [5, 5.41) is 35.6. The van der Waals surface area contributed by atoms with Gasteiger partial charge in [-0.1, -0.05) is 52.3 Å². The number of hydrogen-bond donors (Lipinski definition) is 3. The van der Waals surface area contributed by atoms with Crippen LogP contribution >= 0.6 is 0 Å². The minimum absolute atomic E-state index is 0.0882. The van der Waals surface area contributed by atoms with Crippen LogP contribution in [0.15, 0.2) is 42.0 Å². The van der Waals surface area contributed by atoms with Gasteiger partial charge < -0.3 is 24.8 Å². The number of carbonyl (C=O) groups excluding carboxylic acids is 2. The maximum Gasteiger partial charge on any atom is 0.338 e. The number of rotatable bonds is 2. The number of fused-ring (bicyclic) bond motifs is 4. The molecule has 7 heteroatoms. The summed E-state index contributed by atoms with van der Waals surface area (Å²) in [5.74, 6) is -4.14. The third kappa shape index (κ3) is 2.93. The molecule has 0 bridgehead atoms. The lowest BCUT2D eigenvalue weighted by Crippen LogP contribution is -2.77. The first-order valence-electron chi connectivity index (χ1n) is 12.2. The van der Waals surface area contributed by atoms with Gasteiger partial charge in [0.05, 0.1) is 11.7 Å². The SMILES string of the molecule is C[C@@H]1C2=CC(=O)O[C@@]2(O)C[C@@H]2[C@@H]1[C@H](O)[C@H](OC(=O)c1ccccc1)[C@]1(O)C(C)(C)CCC[C@@]21C. The van der Waals surface area contributed by atoms with Crippen LogP contribution in [0.1, 0.15) is 63.7 Å². The van der Waals surface area contributed by atoms with Crippen LogP contribution in [0.3, 0.4) is 0 Å². The van der Waals surface area contributed by atoms with E-state index in [-0.39, 0.29) is 12.3 Å². The zero-order chi connectivity index (χ0) is 24.7.